The smallest absolute Gasteiger partial charge is 0.0275 e. The third kappa shape index (κ3) is 1.20. The van der Waals surface area contributed by atoms with Gasteiger partial charge in [-0.3, -0.25) is 0 Å². The lowest BCUT2D eigenvalue weighted by atomic mass is 9.48. The van der Waals surface area contributed by atoms with Crippen molar-refractivity contribution in [2.75, 3.05) is 0 Å². The van der Waals surface area contributed by atoms with Gasteiger partial charge >= 0.3 is 0 Å². The highest BCUT2D eigenvalue weighted by Gasteiger charge is 2.57. The van der Waals surface area contributed by atoms with Gasteiger partial charge in [0, 0.05) is 1.37 Å². The van der Waals surface area contributed by atoms with Gasteiger partial charge in [0.15, 0.2) is 0 Å². The van der Waals surface area contributed by atoms with Crippen LogP contribution in [-0.4, -0.2) is 0 Å². The summed E-state index contributed by atoms with van der Waals surface area (Å²) in [4.78, 5) is 0. The molecule has 5 atom stereocenters. The molecular weight excluding hydrogens is 180 g/mol. The van der Waals surface area contributed by atoms with Crippen LogP contribution in [-0.2, 0) is 0 Å². The van der Waals surface area contributed by atoms with Crippen LogP contribution in [0, 0.1) is 28.6 Å². The largest absolute Gasteiger partial charge is 0.0819 e. The Morgan fingerprint density at radius 2 is 2.13 bits per heavy atom. The maximum Gasteiger partial charge on any atom is 0.0275 e. The molecule has 0 saturated heterocycles. The molecule has 3 aliphatic rings. The summed E-state index contributed by atoms with van der Waals surface area (Å²) < 4.78 is 8.58. The molecule has 3 rings (SSSR count). The average Bonchev–Trinajstić information content (AvgIpc) is 2.33. The normalized spacial score (nSPS) is 57.3. The van der Waals surface area contributed by atoms with Crippen LogP contribution in [0.15, 0.2) is 11.6 Å². The first-order valence-corrected chi connectivity index (χ1v) is 6.47. The fraction of sp³-hybridized carbons (Fsp3) is 0.867. The minimum atomic E-state index is 0.148. The second-order valence-electron chi connectivity index (χ2n) is 7.06. The maximum absolute atomic E-state index is 8.58. The van der Waals surface area contributed by atoms with E-state index in [9.17, 15) is 0 Å². The van der Waals surface area contributed by atoms with Crippen LogP contribution in [0.5, 0.6) is 0 Å². The van der Waals surface area contributed by atoms with Crippen molar-refractivity contribution in [2.24, 2.45) is 28.6 Å². The van der Waals surface area contributed by atoms with Crippen molar-refractivity contribution >= 4 is 0 Å². The summed E-state index contributed by atoms with van der Waals surface area (Å²) in [6, 6.07) is 0. The molecule has 84 valence electrons. The average molecular weight is 205 g/mol. The Labute approximate surface area is 95.5 Å². The molecule has 15 heavy (non-hydrogen) atoms. The predicted octanol–water partition coefficient (Wildman–Crippen LogP) is 4.42. The quantitative estimate of drug-likeness (QED) is 0.514. The Bertz CT molecular complexity index is 354. The zero-order valence-corrected chi connectivity index (χ0v) is 10.5. The van der Waals surface area contributed by atoms with E-state index in [1.165, 1.54) is 19.3 Å². The van der Waals surface area contributed by atoms with Gasteiger partial charge in [-0.1, -0.05) is 32.4 Å². The van der Waals surface area contributed by atoms with E-state index in [-0.39, 0.29) is 11.8 Å². The molecule has 0 aromatic heterocycles. The minimum absolute atomic E-state index is 0.148. The molecule has 0 heterocycles. The van der Waals surface area contributed by atoms with Gasteiger partial charge in [-0.15, -0.1) is 0 Å². The van der Waals surface area contributed by atoms with Crippen LogP contribution in [0.3, 0.4) is 0 Å². The molecular formula is C15H24. The SMILES string of the molecule is [2H][C@@H]1[C@H]2[C@H](C=C(C)[C@H]3CC[C@]23C)CC1(C)C. The Kier molecular flexibility index (Phi) is 1.59. The van der Waals surface area contributed by atoms with Crippen molar-refractivity contribution in [3.8, 4) is 0 Å². The standard InChI is InChI=1S/C15H24/c1-10-7-11-8-14(2,3)9-13(11)15(4)6-5-12(10)15/h7,11-13H,5-6,8-9H2,1-4H3/t11-,12-,13+,15+/m1/s1/i9D/t9-,11-,12-,13+,15+. The van der Waals surface area contributed by atoms with Gasteiger partial charge in [-0.25, -0.2) is 0 Å². The third-order valence-electron chi connectivity index (χ3n) is 5.41. The fourth-order valence-electron chi connectivity index (χ4n) is 4.60. The molecule has 2 saturated carbocycles. The Balaban J connectivity index is 2.03. The van der Waals surface area contributed by atoms with Crippen LogP contribution in [0.4, 0.5) is 0 Å². The van der Waals surface area contributed by atoms with E-state index < -0.39 is 0 Å². The van der Waals surface area contributed by atoms with Gasteiger partial charge in [0.1, 0.15) is 0 Å². The van der Waals surface area contributed by atoms with Crippen molar-refractivity contribution in [2.45, 2.75) is 53.4 Å². The van der Waals surface area contributed by atoms with Crippen molar-refractivity contribution in [3.63, 3.8) is 0 Å². The molecule has 2 fully saturated rings. The molecule has 3 aliphatic carbocycles. The van der Waals surface area contributed by atoms with E-state index in [1.54, 1.807) is 5.57 Å². The molecule has 0 nitrogen and oxygen atoms in total. The number of fused-ring (bicyclic) bond motifs is 3. The number of rotatable bonds is 0. The second kappa shape index (κ2) is 2.70. The summed E-state index contributed by atoms with van der Waals surface area (Å²) >= 11 is 0. The van der Waals surface area contributed by atoms with E-state index in [0.29, 0.717) is 17.3 Å². The van der Waals surface area contributed by atoms with Crippen LogP contribution in [0.1, 0.15) is 54.7 Å². The van der Waals surface area contributed by atoms with Gasteiger partial charge in [0.25, 0.3) is 0 Å². The van der Waals surface area contributed by atoms with Crippen LogP contribution in [0.25, 0.3) is 0 Å². The van der Waals surface area contributed by atoms with E-state index >= 15 is 0 Å². The van der Waals surface area contributed by atoms with E-state index in [2.05, 4.69) is 33.8 Å². The number of allylic oxidation sites excluding steroid dienone is 2. The molecule has 0 aromatic carbocycles. The fourth-order valence-corrected chi connectivity index (χ4v) is 4.60. The monoisotopic (exact) mass is 205 g/mol. The zero-order valence-electron chi connectivity index (χ0n) is 11.5. The highest BCUT2D eigenvalue weighted by molar-refractivity contribution is 5.24. The lowest BCUT2D eigenvalue weighted by Gasteiger charge is -2.56. The molecule has 0 unspecified atom stereocenters. The van der Waals surface area contributed by atoms with Crippen LogP contribution < -0.4 is 0 Å². The summed E-state index contributed by atoms with van der Waals surface area (Å²) in [7, 11) is 0. The first kappa shape index (κ1) is 8.84. The van der Waals surface area contributed by atoms with Gasteiger partial charge in [-0.2, -0.15) is 0 Å². The first-order chi connectivity index (χ1) is 7.36. The molecule has 0 aliphatic heterocycles. The predicted molar refractivity (Wildman–Crippen MR) is 64.6 cm³/mol. The summed E-state index contributed by atoms with van der Waals surface area (Å²) in [5.74, 6) is 2.12. The van der Waals surface area contributed by atoms with E-state index in [0.717, 1.165) is 5.92 Å². The molecule has 0 aromatic rings. The Morgan fingerprint density at radius 3 is 2.73 bits per heavy atom. The number of hydrogen-bond acceptors (Lipinski definition) is 0. The van der Waals surface area contributed by atoms with Crippen molar-refractivity contribution in [1.29, 1.82) is 0 Å². The highest BCUT2D eigenvalue weighted by atomic mass is 14.6. The third-order valence-corrected chi connectivity index (χ3v) is 5.41. The lowest BCUT2D eigenvalue weighted by Crippen LogP contribution is -2.48. The van der Waals surface area contributed by atoms with Crippen LogP contribution >= 0.6 is 0 Å². The minimum Gasteiger partial charge on any atom is -0.0819 e. The Morgan fingerprint density at radius 1 is 1.40 bits per heavy atom. The summed E-state index contributed by atoms with van der Waals surface area (Å²) in [5.41, 5.74) is 2.31. The first-order valence-electron chi connectivity index (χ1n) is 7.04. The van der Waals surface area contributed by atoms with Crippen molar-refractivity contribution in [1.82, 2.24) is 0 Å². The molecule has 0 bridgehead atoms. The van der Waals surface area contributed by atoms with E-state index in [4.69, 9.17) is 1.37 Å². The van der Waals surface area contributed by atoms with Crippen LogP contribution in [0.2, 0.25) is 0 Å². The van der Waals surface area contributed by atoms with E-state index in [1.807, 2.05) is 0 Å². The zero-order chi connectivity index (χ0) is 11.7. The lowest BCUT2D eigenvalue weighted by molar-refractivity contribution is -0.0163. The molecule has 0 heteroatoms. The topological polar surface area (TPSA) is 0 Å². The maximum atomic E-state index is 8.58. The van der Waals surface area contributed by atoms with Gasteiger partial charge in [0.2, 0.25) is 0 Å². The van der Waals surface area contributed by atoms with Gasteiger partial charge < -0.3 is 0 Å². The second-order valence-corrected chi connectivity index (χ2v) is 7.06. The van der Waals surface area contributed by atoms with Gasteiger partial charge in [0.05, 0.1) is 0 Å². The summed E-state index contributed by atoms with van der Waals surface area (Å²) in [5, 5.41) is 0. The molecule has 0 radical (unpaired) electrons. The summed E-state index contributed by atoms with van der Waals surface area (Å²) in [6.45, 7) is 9.37. The molecule has 0 amide bonds. The van der Waals surface area contributed by atoms with Crippen molar-refractivity contribution < 1.29 is 1.37 Å². The summed E-state index contributed by atoms with van der Waals surface area (Å²) in [6.07, 6.45) is 6.62. The van der Waals surface area contributed by atoms with Crippen molar-refractivity contribution in [3.05, 3.63) is 11.6 Å². The highest BCUT2D eigenvalue weighted by Crippen LogP contribution is 2.66. The number of hydrogen-bond donors (Lipinski definition) is 0. The molecule has 0 N–H and O–H groups in total. The van der Waals surface area contributed by atoms with Gasteiger partial charge in [-0.05, 0) is 61.2 Å². The Hall–Kier alpha value is -0.260. The molecule has 0 spiro atoms.